The fraction of sp³-hybridized carbons (Fsp3) is 0.538. The Morgan fingerprint density at radius 3 is 2.82 bits per heavy atom. The average molecular weight is 231 g/mol. The first-order chi connectivity index (χ1) is 8.24. The van der Waals surface area contributed by atoms with Crippen LogP contribution in [0, 0.1) is 5.41 Å². The van der Waals surface area contributed by atoms with E-state index in [9.17, 15) is 0 Å². The molecule has 1 aromatic heterocycles. The summed E-state index contributed by atoms with van der Waals surface area (Å²) in [5.41, 5.74) is 8.63. The van der Waals surface area contributed by atoms with Crippen molar-refractivity contribution in [3.63, 3.8) is 0 Å². The van der Waals surface area contributed by atoms with Crippen molar-refractivity contribution in [1.82, 2.24) is 4.98 Å². The van der Waals surface area contributed by atoms with E-state index in [1.807, 2.05) is 6.07 Å². The normalized spacial score (nSPS) is 18.6. The quantitative estimate of drug-likeness (QED) is 0.615. The molecule has 2 aliphatic carbocycles. The van der Waals surface area contributed by atoms with Gasteiger partial charge in [-0.3, -0.25) is 5.41 Å². The van der Waals surface area contributed by atoms with Gasteiger partial charge in [0.15, 0.2) is 0 Å². The molecule has 0 aromatic carbocycles. The van der Waals surface area contributed by atoms with Gasteiger partial charge in [-0.25, -0.2) is 4.98 Å². The van der Waals surface area contributed by atoms with E-state index in [2.05, 4.69) is 4.98 Å². The molecule has 0 saturated heterocycles. The monoisotopic (exact) mass is 231 g/mol. The lowest BCUT2D eigenvalue weighted by Gasteiger charge is -2.26. The highest BCUT2D eigenvalue weighted by atomic mass is 16.5. The molecule has 0 radical (unpaired) electrons. The molecule has 0 unspecified atom stereocenters. The van der Waals surface area contributed by atoms with Crippen molar-refractivity contribution in [2.45, 2.75) is 44.6 Å². The van der Waals surface area contributed by atoms with Crippen LogP contribution < -0.4 is 10.5 Å². The Bertz CT molecular complexity index is 466. The Labute approximate surface area is 101 Å². The summed E-state index contributed by atoms with van der Waals surface area (Å²) in [6.45, 7) is 0. The summed E-state index contributed by atoms with van der Waals surface area (Å²) in [5.74, 6) is 0.629. The van der Waals surface area contributed by atoms with Crippen LogP contribution in [0.4, 0.5) is 0 Å². The smallest absolute Gasteiger partial charge is 0.225 e. The van der Waals surface area contributed by atoms with Gasteiger partial charge in [0.05, 0.1) is 5.56 Å². The fourth-order valence-electron chi connectivity index (χ4n) is 2.38. The topological polar surface area (TPSA) is 72.0 Å². The van der Waals surface area contributed by atoms with E-state index in [0.717, 1.165) is 37.8 Å². The first-order valence-electron chi connectivity index (χ1n) is 6.28. The van der Waals surface area contributed by atoms with Crippen molar-refractivity contribution in [3.8, 4) is 5.88 Å². The maximum atomic E-state index is 7.62. The molecule has 0 spiro atoms. The molecule has 0 aliphatic heterocycles. The van der Waals surface area contributed by atoms with Gasteiger partial charge < -0.3 is 10.5 Å². The summed E-state index contributed by atoms with van der Waals surface area (Å²) in [7, 11) is 0. The number of nitrogens with zero attached hydrogens (tertiary/aromatic N) is 1. The van der Waals surface area contributed by atoms with Crippen molar-refractivity contribution in [1.29, 1.82) is 5.41 Å². The first kappa shape index (κ1) is 10.6. The Morgan fingerprint density at radius 1 is 1.35 bits per heavy atom. The maximum absolute atomic E-state index is 7.62. The second kappa shape index (κ2) is 4.02. The molecule has 0 atom stereocenters. The van der Waals surface area contributed by atoms with Gasteiger partial charge in [0.25, 0.3) is 0 Å². The van der Waals surface area contributed by atoms with E-state index in [1.165, 1.54) is 12.0 Å². The third kappa shape index (κ3) is 1.88. The van der Waals surface area contributed by atoms with E-state index in [1.54, 1.807) is 0 Å². The fourth-order valence-corrected chi connectivity index (χ4v) is 2.38. The minimum Gasteiger partial charge on any atom is -0.474 e. The lowest BCUT2D eigenvalue weighted by molar-refractivity contribution is 0.114. The average Bonchev–Trinajstić information content (AvgIpc) is 2.68. The van der Waals surface area contributed by atoms with Gasteiger partial charge in [-0.1, -0.05) is 0 Å². The molecule has 3 N–H and O–H groups in total. The molecule has 4 nitrogen and oxygen atoms in total. The molecule has 1 aromatic rings. The zero-order chi connectivity index (χ0) is 11.8. The number of pyridine rings is 1. The molecule has 90 valence electrons. The van der Waals surface area contributed by atoms with Crippen LogP contribution in [-0.2, 0) is 12.8 Å². The Kier molecular flexibility index (Phi) is 2.50. The molecule has 17 heavy (non-hydrogen) atoms. The number of aromatic nitrogens is 1. The van der Waals surface area contributed by atoms with E-state index in [-0.39, 0.29) is 11.9 Å². The standard InChI is InChI=1S/C13H17N3O/c14-12(15)10-7-8-3-1-6-11(8)16-13(10)17-9-4-2-5-9/h7,9H,1-6H2,(H3,14,15). The largest absolute Gasteiger partial charge is 0.474 e. The summed E-state index contributed by atoms with van der Waals surface area (Å²) in [6.07, 6.45) is 6.91. The number of hydrogen-bond acceptors (Lipinski definition) is 3. The Morgan fingerprint density at radius 2 is 2.18 bits per heavy atom. The Hall–Kier alpha value is -1.58. The summed E-state index contributed by atoms with van der Waals surface area (Å²) in [4.78, 5) is 4.55. The third-order valence-electron chi connectivity index (χ3n) is 3.64. The van der Waals surface area contributed by atoms with Crippen molar-refractivity contribution in [2.75, 3.05) is 0 Å². The lowest BCUT2D eigenvalue weighted by Crippen LogP contribution is -2.27. The van der Waals surface area contributed by atoms with Crippen molar-refractivity contribution in [3.05, 3.63) is 22.9 Å². The molecular formula is C13H17N3O. The zero-order valence-electron chi connectivity index (χ0n) is 9.83. The Balaban J connectivity index is 1.95. The van der Waals surface area contributed by atoms with Gasteiger partial charge in [0.2, 0.25) is 5.88 Å². The molecule has 0 amide bonds. The first-order valence-corrected chi connectivity index (χ1v) is 6.28. The number of fused-ring (bicyclic) bond motifs is 1. The molecule has 3 rings (SSSR count). The molecule has 0 bridgehead atoms. The number of hydrogen-bond donors (Lipinski definition) is 2. The van der Waals surface area contributed by atoms with Gasteiger partial charge >= 0.3 is 0 Å². The van der Waals surface area contributed by atoms with Crippen LogP contribution >= 0.6 is 0 Å². The number of nitrogens with two attached hydrogens (primary N) is 1. The van der Waals surface area contributed by atoms with Crippen LogP contribution in [0.5, 0.6) is 5.88 Å². The van der Waals surface area contributed by atoms with Crippen LogP contribution in [0.25, 0.3) is 0 Å². The number of aryl methyl sites for hydroxylation is 2. The maximum Gasteiger partial charge on any atom is 0.225 e. The highest BCUT2D eigenvalue weighted by Crippen LogP contribution is 2.30. The van der Waals surface area contributed by atoms with Gasteiger partial charge in [-0.2, -0.15) is 0 Å². The summed E-state index contributed by atoms with van der Waals surface area (Å²) in [5, 5.41) is 7.62. The SMILES string of the molecule is N=C(N)c1cc2c(nc1OC1CCC1)CCC2. The number of nitrogen functional groups attached to an aromatic ring is 1. The van der Waals surface area contributed by atoms with E-state index >= 15 is 0 Å². The predicted molar refractivity (Wildman–Crippen MR) is 65.5 cm³/mol. The van der Waals surface area contributed by atoms with Gasteiger partial charge in [0, 0.05) is 5.69 Å². The number of amidine groups is 1. The molecule has 2 aliphatic rings. The van der Waals surface area contributed by atoms with E-state index in [0.29, 0.717) is 11.4 Å². The van der Waals surface area contributed by atoms with Crippen molar-refractivity contribution < 1.29 is 4.74 Å². The van der Waals surface area contributed by atoms with Crippen molar-refractivity contribution >= 4 is 5.84 Å². The van der Waals surface area contributed by atoms with E-state index < -0.39 is 0 Å². The molecule has 1 fully saturated rings. The van der Waals surface area contributed by atoms with Crippen LogP contribution in [0.3, 0.4) is 0 Å². The summed E-state index contributed by atoms with van der Waals surface area (Å²) in [6, 6.07) is 1.99. The van der Waals surface area contributed by atoms with Gasteiger partial charge in [0.1, 0.15) is 11.9 Å². The molecule has 1 saturated carbocycles. The minimum absolute atomic E-state index is 0.0570. The third-order valence-corrected chi connectivity index (χ3v) is 3.64. The van der Waals surface area contributed by atoms with Crippen LogP contribution in [0.2, 0.25) is 0 Å². The molecule has 4 heteroatoms. The highest BCUT2D eigenvalue weighted by molar-refractivity contribution is 5.97. The summed E-state index contributed by atoms with van der Waals surface area (Å²) < 4.78 is 5.84. The van der Waals surface area contributed by atoms with Crippen LogP contribution in [0.15, 0.2) is 6.07 Å². The molecule has 1 heterocycles. The number of ether oxygens (including phenoxy) is 1. The predicted octanol–water partition coefficient (Wildman–Crippen LogP) is 1.79. The highest BCUT2D eigenvalue weighted by Gasteiger charge is 2.24. The minimum atomic E-state index is 0.0570. The van der Waals surface area contributed by atoms with Gasteiger partial charge in [-0.05, 0) is 50.2 Å². The second-order valence-electron chi connectivity index (χ2n) is 4.88. The van der Waals surface area contributed by atoms with Crippen LogP contribution in [-0.4, -0.2) is 16.9 Å². The van der Waals surface area contributed by atoms with Crippen LogP contribution in [0.1, 0.15) is 42.5 Å². The second-order valence-corrected chi connectivity index (χ2v) is 4.88. The van der Waals surface area contributed by atoms with Gasteiger partial charge in [-0.15, -0.1) is 0 Å². The van der Waals surface area contributed by atoms with Crippen molar-refractivity contribution in [2.24, 2.45) is 5.73 Å². The summed E-state index contributed by atoms with van der Waals surface area (Å²) >= 11 is 0. The molecular weight excluding hydrogens is 214 g/mol. The number of nitrogens with one attached hydrogen (secondary N) is 1. The zero-order valence-corrected chi connectivity index (χ0v) is 9.83. The van der Waals surface area contributed by atoms with E-state index in [4.69, 9.17) is 15.9 Å². The number of rotatable bonds is 3. The lowest BCUT2D eigenvalue weighted by atomic mass is 9.96.